The fraction of sp³-hybridized carbons (Fsp3) is 0.500. The summed E-state index contributed by atoms with van der Waals surface area (Å²) in [6.07, 6.45) is -4.43. The molecule has 0 aliphatic carbocycles. The van der Waals surface area contributed by atoms with E-state index in [-0.39, 0.29) is 0 Å². The van der Waals surface area contributed by atoms with Gasteiger partial charge in [-0.2, -0.15) is 13.2 Å². The zero-order chi connectivity index (χ0) is 9.19. The van der Waals surface area contributed by atoms with E-state index in [4.69, 9.17) is 0 Å². The summed E-state index contributed by atoms with van der Waals surface area (Å²) in [5.74, 6) is 0. The van der Waals surface area contributed by atoms with E-state index in [0.29, 0.717) is 0 Å². The Morgan fingerprint density at radius 2 is 2.17 bits per heavy atom. The minimum absolute atomic E-state index is 0.475. The van der Waals surface area contributed by atoms with Crippen LogP contribution in [0.25, 0.3) is 0 Å². The number of nitrogens with zero attached hydrogens (tertiary/aromatic N) is 1. The van der Waals surface area contributed by atoms with Gasteiger partial charge in [0.1, 0.15) is 0 Å². The molecule has 5 nitrogen and oxygen atoms in total. The summed E-state index contributed by atoms with van der Waals surface area (Å²) < 4.78 is 38.5. The standard InChI is InChI=1S/C4H4F3N3O2/c5-4(6,7)1-12-3-8-2(11)9-10-3/h1H2,(H2,8,9,10,11). The van der Waals surface area contributed by atoms with Gasteiger partial charge in [0, 0.05) is 0 Å². The van der Waals surface area contributed by atoms with Crippen molar-refractivity contribution in [2.24, 2.45) is 0 Å². The molecule has 0 saturated carbocycles. The number of aromatic nitrogens is 3. The maximum Gasteiger partial charge on any atom is 0.422 e. The Hall–Kier alpha value is -1.47. The highest BCUT2D eigenvalue weighted by molar-refractivity contribution is 4.86. The normalized spacial score (nSPS) is 11.6. The predicted molar refractivity (Wildman–Crippen MR) is 30.8 cm³/mol. The lowest BCUT2D eigenvalue weighted by Gasteiger charge is -2.04. The highest BCUT2D eigenvalue weighted by atomic mass is 19.4. The number of rotatable bonds is 2. The van der Waals surface area contributed by atoms with Gasteiger partial charge in [0.2, 0.25) is 0 Å². The molecule has 1 aromatic heterocycles. The van der Waals surface area contributed by atoms with E-state index in [1.54, 1.807) is 0 Å². The van der Waals surface area contributed by atoms with Crippen molar-refractivity contribution in [3.05, 3.63) is 10.5 Å². The van der Waals surface area contributed by atoms with Crippen LogP contribution in [0.15, 0.2) is 4.79 Å². The maximum atomic E-state index is 11.5. The Kier molecular flexibility index (Phi) is 2.07. The number of hydrogen-bond donors (Lipinski definition) is 2. The molecule has 0 atom stereocenters. The third kappa shape index (κ3) is 2.64. The zero-order valence-electron chi connectivity index (χ0n) is 5.60. The first-order valence-corrected chi connectivity index (χ1v) is 2.81. The molecular formula is C4H4F3N3O2. The van der Waals surface area contributed by atoms with Crippen LogP contribution in [-0.2, 0) is 0 Å². The summed E-state index contributed by atoms with van der Waals surface area (Å²) >= 11 is 0. The molecule has 0 fully saturated rings. The molecule has 0 aromatic carbocycles. The quantitative estimate of drug-likeness (QED) is 0.679. The van der Waals surface area contributed by atoms with E-state index < -0.39 is 24.5 Å². The molecule has 0 aliphatic heterocycles. The van der Waals surface area contributed by atoms with Crippen LogP contribution in [0.5, 0.6) is 6.01 Å². The lowest BCUT2D eigenvalue weighted by molar-refractivity contribution is -0.154. The van der Waals surface area contributed by atoms with Crippen molar-refractivity contribution in [3.63, 3.8) is 0 Å². The monoisotopic (exact) mass is 183 g/mol. The second-order valence-electron chi connectivity index (χ2n) is 1.89. The maximum absolute atomic E-state index is 11.5. The summed E-state index contributed by atoms with van der Waals surface area (Å²) in [5, 5.41) is 4.95. The van der Waals surface area contributed by atoms with E-state index in [0.717, 1.165) is 0 Å². The number of H-pyrrole nitrogens is 2. The van der Waals surface area contributed by atoms with Crippen molar-refractivity contribution in [3.8, 4) is 6.01 Å². The van der Waals surface area contributed by atoms with E-state index in [1.165, 1.54) is 0 Å². The molecule has 12 heavy (non-hydrogen) atoms. The van der Waals surface area contributed by atoms with Crippen LogP contribution in [-0.4, -0.2) is 28.0 Å². The van der Waals surface area contributed by atoms with Gasteiger partial charge >= 0.3 is 17.9 Å². The number of halogens is 3. The first kappa shape index (κ1) is 8.62. The molecule has 68 valence electrons. The molecule has 1 aromatic rings. The second-order valence-corrected chi connectivity index (χ2v) is 1.89. The van der Waals surface area contributed by atoms with Crippen LogP contribution in [0, 0.1) is 0 Å². The minimum atomic E-state index is -4.43. The first-order chi connectivity index (χ1) is 5.47. The van der Waals surface area contributed by atoms with Gasteiger partial charge in [-0.25, -0.2) is 9.89 Å². The molecule has 0 unspecified atom stereocenters. The van der Waals surface area contributed by atoms with E-state index in [1.807, 2.05) is 10.1 Å². The van der Waals surface area contributed by atoms with Gasteiger partial charge in [-0.05, 0) is 0 Å². The molecule has 8 heteroatoms. The number of aromatic amines is 2. The third-order valence-corrected chi connectivity index (χ3v) is 0.852. The predicted octanol–water partition coefficient (Wildman–Crippen LogP) is 0.0391. The SMILES string of the molecule is O=c1[nH]nc(OCC(F)(F)F)[nH]1. The van der Waals surface area contributed by atoms with Crippen LogP contribution < -0.4 is 10.4 Å². The molecule has 1 heterocycles. The average molecular weight is 183 g/mol. The highest BCUT2D eigenvalue weighted by Gasteiger charge is 2.28. The Labute approximate surface area is 63.5 Å². The molecular weight excluding hydrogens is 179 g/mol. The van der Waals surface area contributed by atoms with Gasteiger partial charge in [-0.15, -0.1) is 5.10 Å². The largest absolute Gasteiger partial charge is 0.454 e. The van der Waals surface area contributed by atoms with Gasteiger partial charge in [0.15, 0.2) is 6.61 Å². The molecule has 0 bridgehead atoms. The third-order valence-electron chi connectivity index (χ3n) is 0.852. The molecule has 0 saturated heterocycles. The van der Waals surface area contributed by atoms with Crippen molar-refractivity contribution in [2.45, 2.75) is 6.18 Å². The Bertz CT molecular complexity index is 301. The van der Waals surface area contributed by atoms with Crippen molar-refractivity contribution in [1.29, 1.82) is 0 Å². The molecule has 1 rings (SSSR count). The highest BCUT2D eigenvalue weighted by Crippen LogP contribution is 2.14. The van der Waals surface area contributed by atoms with Gasteiger partial charge < -0.3 is 4.74 Å². The summed E-state index contributed by atoms with van der Waals surface area (Å²) in [5.41, 5.74) is -0.716. The lowest BCUT2D eigenvalue weighted by atomic mass is 10.7. The lowest BCUT2D eigenvalue weighted by Crippen LogP contribution is -2.19. The van der Waals surface area contributed by atoms with Gasteiger partial charge in [-0.1, -0.05) is 0 Å². The van der Waals surface area contributed by atoms with E-state index >= 15 is 0 Å². The van der Waals surface area contributed by atoms with Crippen LogP contribution >= 0.6 is 0 Å². The van der Waals surface area contributed by atoms with Crippen molar-refractivity contribution in [2.75, 3.05) is 6.61 Å². The molecule has 2 N–H and O–H groups in total. The van der Waals surface area contributed by atoms with Gasteiger partial charge in [0.25, 0.3) is 0 Å². The Morgan fingerprint density at radius 1 is 1.50 bits per heavy atom. The van der Waals surface area contributed by atoms with Gasteiger partial charge in [0.05, 0.1) is 0 Å². The zero-order valence-corrected chi connectivity index (χ0v) is 5.60. The first-order valence-electron chi connectivity index (χ1n) is 2.81. The van der Waals surface area contributed by atoms with E-state index in [2.05, 4.69) is 9.84 Å². The molecule has 0 amide bonds. The van der Waals surface area contributed by atoms with Crippen molar-refractivity contribution < 1.29 is 17.9 Å². The van der Waals surface area contributed by atoms with Crippen LogP contribution in [0.1, 0.15) is 0 Å². The average Bonchev–Trinajstić information content (AvgIpc) is 2.30. The number of hydrogen-bond acceptors (Lipinski definition) is 3. The summed E-state index contributed by atoms with van der Waals surface area (Å²) in [4.78, 5) is 12.2. The topological polar surface area (TPSA) is 70.8 Å². The minimum Gasteiger partial charge on any atom is -0.454 e. The Morgan fingerprint density at radius 3 is 2.58 bits per heavy atom. The summed E-state index contributed by atoms with van der Waals surface area (Å²) in [6, 6.07) is -0.475. The molecule has 0 aliphatic rings. The fourth-order valence-corrected chi connectivity index (χ4v) is 0.473. The smallest absolute Gasteiger partial charge is 0.422 e. The number of ether oxygens (including phenoxy) is 1. The van der Waals surface area contributed by atoms with Crippen LogP contribution in [0.2, 0.25) is 0 Å². The van der Waals surface area contributed by atoms with E-state index in [9.17, 15) is 18.0 Å². The molecule has 0 radical (unpaired) electrons. The fourth-order valence-electron chi connectivity index (χ4n) is 0.473. The summed E-state index contributed by atoms with van der Waals surface area (Å²) in [6.45, 7) is -1.48. The number of alkyl halides is 3. The second kappa shape index (κ2) is 2.88. The van der Waals surface area contributed by atoms with Crippen molar-refractivity contribution in [1.82, 2.24) is 15.2 Å². The van der Waals surface area contributed by atoms with Crippen LogP contribution in [0.4, 0.5) is 13.2 Å². The Balaban J connectivity index is 2.49. The number of nitrogens with one attached hydrogen (secondary N) is 2. The molecule has 0 spiro atoms. The summed E-state index contributed by atoms with van der Waals surface area (Å²) in [7, 11) is 0. The van der Waals surface area contributed by atoms with Crippen LogP contribution in [0.3, 0.4) is 0 Å². The van der Waals surface area contributed by atoms with Gasteiger partial charge in [-0.3, -0.25) is 4.98 Å². The van der Waals surface area contributed by atoms with Crippen molar-refractivity contribution >= 4 is 0 Å².